The highest BCUT2D eigenvalue weighted by Gasteiger charge is 2.26. The van der Waals surface area contributed by atoms with Crippen molar-refractivity contribution in [1.29, 1.82) is 0 Å². The Balaban J connectivity index is 1.88. The van der Waals surface area contributed by atoms with Crippen LogP contribution in [0.5, 0.6) is 0 Å². The Morgan fingerprint density at radius 2 is 2.11 bits per heavy atom. The average molecular weight is 263 g/mol. The molecule has 106 valence electrons. The molecule has 3 heteroatoms. The van der Waals surface area contributed by atoms with Crippen molar-refractivity contribution < 1.29 is 9.84 Å². The molecule has 19 heavy (non-hydrogen) atoms. The van der Waals surface area contributed by atoms with E-state index in [1.807, 2.05) is 37.3 Å². The van der Waals surface area contributed by atoms with Gasteiger partial charge in [0, 0.05) is 19.7 Å². The predicted octanol–water partition coefficient (Wildman–Crippen LogP) is 2.25. The van der Waals surface area contributed by atoms with E-state index >= 15 is 0 Å². The van der Waals surface area contributed by atoms with Gasteiger partial charge in [-0.15, -0.1) is 0 Å². The Labute approximate surface area is 116 Å². The zero-order valence-corrected chi connectivity index (χ0v) is 12.0. The van der Waals surface area contributed by atoms with Crippen molar-refractivity contribution in [3.05, 3.63) is 35.9 Å². The molecule has 2 rings (SSSR count). The van der Waals surface area contributed by atoms with E-state index in [2.05, 4.69) is 11.9 Å². The normalized spacial score (nSPS) is 23.3. The van der Waals surface area contributed by atoms with Gasteiger partial charge in [0.1, 0.15) is 0 Å². The number of nitrogens with zero attached hydrogens (tertiary/aromatic N) is 1. The van der Waals surface area contributed by atoms with Crippen molar-refractivity contribution in [1.82, 2.24) is 4.90 Å². The second kappa shape index (κ2) is 6.51. The zero-order valence-electron chi connectivity index (χ0n) is 12.0. The Morgan fingerprint density at radius 1 is 1.37 bits per heavy atom. The topological polar surface area (TPSA) is 32.7 Å². The van der Waals surface area contributed by atoms with Gasteiger partial charge in [0.25, 0.3) is 0 Å². The molecule has 1 saturated heterocycles. The highest BCUT2D eigenvalue weighted by Crippen LogP contribution is 2.22. The maximum atomic E-state index is 10.6. The van der Waals surface area contributed by atoms with Gasteiger partial charge in [0.15, 0.2) is 0 Å². The number of aliphatic hydroxyl groups is 1. The van der Waals surface area contributed by atoms with Gasteiger partial charge in [0.2, 0.25) is 0 Å². The van der Waals surface area contributed by atoms with Crippen LogP contribution in [-0.2, 0) is 10.3 Å². The van der Waals surface area contributed by atoms with Crippen LogP contribution in [0.4, 0.5) is 0 Å². The first-order valence-corrected chi connectivity index (χ1v) is 7.12. The van der Waals surface area contributed by atoms with E-state index in [4.69, 9.17) is 4.74 Å². The summed E-state index contributed by atoms with van der Waals surface area (Å²) in [6.07, 6.45) is 2.39. The van der Waals surface area contributed by atoms with Gasteiger partial charge in [-0.3, -0.25) is 0 Å². The first kappa shape index (κ1) is 14.5. The second-order valence-electron chi connectivity index (χ2n) is 5.92. The van der Waals surface area contributed by atoms with Gasteiger partial charge < -0.3 is 14.7 Å². The summed E-state index contributed by atoms with van der Waals surface area (Å²) in [4.78, 5) is 2.21. The zero-order chi connectivity index (χ0) is 13.7. The molecule has 0 aromatic heterocycles. The Hall–Kier alpha value is -0.900. The predicted molar refractivity (Wildman–Crippen MR) is 77.1 cm³/mol. The third-order valence-electron chi connectivity index (χ3n) is 3.80. The van der Waals surface area contributed by atoms with Crippen LogP contribution in [0.15, 0.2) is 30.3 Å². The number of rotatable bonds is 5. The highest BCUT2D eigenvalue weighted by molar-refractivity contribution is 5.21. The molecular formula is C16H25NO2. The summed E-state index contributed by atoms with van der Waals surface area (Å²) < 4.78 is 5.51. The SMILES string of the molecule is CN(CC1CCCOC1)CC(C)(O)c1ccccc1. The Kier molecular flexibility index (Phi) is 4.97. The van der Waals surface area contributed by atoms with Crippen molar-refractivity contribution >= 4 is 0 Å². The van der Waals surface area contributed by atoms with Crippen molar-refractivity contribution in [3.63, 3.8) is 0 Å². The number of ether oxygens (including phenoxy) is 1. The average Bonchev–Trinajstić information content (AvgIpc) is 2.40. The van der Waals surface area contributed by atoms with Gasteiger partial charge in [-0.1, -0.05) is 30.3 Å². The third kappa shape index (κ3) is 4.30. The molecule has 1 fully saturated rings. The van der Waals surface area contributed by atoms with Gasteiger partial charge >= 0.3 is 0 Å². The fraction of sp³-hybridized carbons (Fsp3) is 0.625. The molecule has 3 nitrogen and oxygen atoms in total. The maximum absolute atomic E-state index is 10.6. The third-order valence-corrected chi connectivity index (χ3v) is 3.80. The molecule has 1 heterocycles. The minimum atomic E-state index is -0.800. The van der Waals surface area contributed by atoms with E-state index in [0.717, 1.165) is 31.7 Å². The van der Waals surface area contributed by atoms with E-state index in [-0.39, 0.29) is 0 Å². The Bertz CT molecular complexity index is 372. The first-order chi connectivity index (χ1) is 9.08. The molecule has 2 atom stereocenters. The second-order valence-corrected chi connectivity index (χ2v) is 5.92. The van der Waals surface area contributed by atoms with Gasteiger partial charge in [-0.25, -0.2) is 0 Å². The van der Waals surface area contributed by atoms with Crippen LogP contribution in [0, 0.1) is 5.92 Å². The molecule has 1 N–H and O–H groups in total. The smallest absolute Gasteiger partial charge is 0.0994 e. The number of benzene rings is 1. The largest absolute Gasteiger partial charge is 0.384 e. The number of likely N-dealkylation sites (N-methyl/N-ethyl adjacent to an activating group) is 1. The monoisotopic (exact) mass is 263 g/mol. The minimum absolute atomic E-state index is 0.602. The van der Waals surface area contributed by atoms with Gasteiger partial charge in [-0.2, -0.15) is 0 Å². The molecule has 1 aromatic rings. The molecule has 0 saturated carbocycles. The summed E-state index contributed by atoms with van der Waals surface area (Å²) in [6.45, 7) is 5.28. The van der Waals surface area contributed by atoms with Crippen molar-refractivity contribution in [2.75, 3.05) is 33.4 Å². The molecule has 2 unspecified atom stereocenters. The summed E-state index contributed by atoms with van der Waals surface area (Å²) in [7, 11) is 2.08. The van der Waals surface area contributed by atoms with Crippen LogP contribution in [0.25, 0.3) is 0 Å². The summed E-state index contributed by atoms with van der Waals surface area (Å²) >= 11 is 0. The van der Waals surface area contributed by atoms with Crippen LogP contribution >= 0.6 is 0 Å². The minimum Gasteiger partial charge on any atom is -0.384 e. The molecule has 0 bridgehead atoms. The van der Waals surface area contributed by atoms with Crippen LogP contribution < -0.4 is 0 Å². The van der Waals surface area contributed by atoms with Crippen molar-refractivity contribution in [2.24, 2.45) is 5.92 Å². The molecule has 0 radical (unpaired) electrons. The van der Waals surface area contributed by atoms with E-state index < -0.39 is 5.60 Å². The molecule has 0 spiro atoms. The van der Waals surface area contributed by atoms with Crippen LogP contribution in [0.2, 0.25) is 0 Å². The lowest BCUT2D eigenvalue weighted by atomic mass is 9.94. The fourth-order valence-corrected chi connectivity index (χ4v) is 2.87. The number of hydrogen-bond donors (Lipinski definition) is 1. The molecular weight excluding hydrogens is 238 g/mol. The van der Waals surface area contributed by atoms with E-state index in [1.165, 1.54) is 6.42 Å². The fourth-order valence-electron chi connectivity index (χ4n) is 2.87. The van der Waals surface area contributed by atoms with Crippen LogP contribution in [0.1, 0.15) is 25.3 Å². The lowest BCUT2D eigenvalue weighted by Gasteiger charge is -2.32. The molecule has 0 aliphatic carbocycles. The summed E-state index contributed by atoms with van der Waals surface area (Å²) in [5.74, 6) is 0.602. The van der Waals surface area contributed by atoms with Crippen LogP contribution in [0.3, 0.4) is 0 Å². The van der Waals surface area contributed by atoms with Gasteiger partial charge in [0.05, 0.1) is 12.2 Å². The quantitative estimate of drug-likeness (QED) is 0.884. The molecule has 1 aromatic carbocycles. The first-order valence-electron chi connectivity index (χ1n) is 7.12. The molecule has 1 aliphatic rings. The van der Waals surface area contributed by atoms with E-state index in [0.29, 0.717) is 12.5 Å². The highest BCUT2D eigenvalue weighted by atomic mass is 16.5. The molecule has 1 aliphatic heterocycles. The van der Waals surface area contributed by atoms with E-state index in [1.54, 1.807) is 0 Å². The maximum Gasteiger partial charge on any atom is 0.0994 e. The van der Waals surface area contributed by atoms with Crippen molar-refractivity contribution in [2.45, 2.75) is 25.4 Å². The summed E-state index contributed by atoms with van der Waals surface area (Å²) in [5.41, 5.74) is 0.174. The lowest BCUT2D eigenvalue weighted by Crippen LogP contribution is -2.40. The van der Waals surface area contributed by atoms with E-state index in [9.17, 15) is 5.11 Å². The molecule has 0 amide bonds. The summed E-state index contributed by atoms with van der Waals surface area (Å²) in [6, 6.07) is 9.88. The summed E-state index contributed by atoms with van der Waals surface area (Å²) in [5, 5.41) is 10.6. The Morgan fingerprint density at radius 3 is 2.74 bits per heavy atom. The standard InChI is InChI=1S/C16H25NO2/c1-16(18,15-8-4-3-5-9-15)13-17(2)11-14-7-6-10-19-12-14/h3-5,8-9,14,18H,6-7,10-13H2,1-2H3. The number of hydrogen-bond acceptors (Lipinski definition) is 3. The van der Waals surface area contributed by atoms with Gasteiger partial charge in [-0.05, 0) is 38.3 Å². The van der Waals surface area contributed by atoms with Crippen molar-refractivity contribution in [3.8, 4) is 0 Å². The lowest BCUT2D eigenvalue weighted by molar-refractivity contribution is 0.00211. The van der Waals surface area contributed by atoms with Crippen LogP contribution in [-0.4, -0.2) is 43.4 Å².